The molecule has 0 fully saturated rings. The predicted molar refractivity (Wildman–Crippen MR) is 76.3 cm³/mol. The molecule has 0 bridgehead atoms. The van der Waals surface area contributed by atoms with Crippen LogP contribution >= 0.6 is 0 Å². The number of benzene rings is 1. The molecule has 0 amide bonds. The molecular formula is C13H22Ge2. The first-order chi connectivity index (χ1) is 7.02. The molecule has 0 nitrogen and oxygen atoms in total. The summed E-state index contributed by atoms with van der Waals surface area (Å²) in [4.78, 5) is 2.37. The Bertz CT molecular complexity index is 260. The Balaban J connectivity index is 0.000000423. The Morgan fingerprint density at radius 1 is 0.867 bits per heavy atom. The van der Waals surface area contributed by atoms with Gasteiger partial charge in [-0.1, -0.05) is 0 Å². The summed E-state index contributed by atoms with van der Waals surface area (Å²) in [5, 5.41) is 0. The van der Waals surface area contributed by atoms with Gasteiger partial charge < -0.3 is 0 Å². The molecule has 1 aromatic rings. The first-order valence-corrected chi connectivity index (χ1v) is 17.0. The van der Waals surface area contributed by atoms with Gasteiger partial charge in [0.25, 0.3) is 0 Å². The van der Waals surface area contributed by atoms with Crippen molar-refractivity contribution in [3.8, 4) is 0 Å². The van der Waals surface area contributed by atoms with Gasteiger partial charge in [0.15, 0.2) is 0 Å². The van der Waals surface area contributed by atoms with Crippen LogP contribution in [0.4, 0.5) is 0 Å². The molecule has 2 radical (unpaired) electrons. The molecule has 1 aromatic carbocycles. The van der Waals surface area contributed by atoms with E-state index >= 15 is 0 Å². The number of hydrogen-bond acceptors (Lipinski definition) is 0. The van der Waals surface area contributed by atoms with Crippen molar-refractivity contribution in [2.24, 2.45) is 0 Å². The quantitative estimate of drug-likeness (QED) is 0.709. The molecule has 0 saturated carbocycles. The van der Waals surface area contributed by atoms with E-state index in [2.05, 4.69) is 64.0 Å². The maximum atomic E-state index is 2.37. The Kier molecular flexibility index (Phi) is 9.31. The summed E-state index contributed by atoms with van der Waals surface area (Å²) >= 11 is -1.09. The van der Waals surface area contributed by atoms with Gasteiger partial charge in [0.1, 0.15) is 0 Å². The van der Waals surface area contributed by atoms with Gasteiger partial charge in [-0.15, -0.1) is 0 Å². The minimum absolute atomic E-state index is 0.333. The Morgan fingerprint density at radius 2 is 1.33 bits per heavy atom. The summed E-state index contributed by atoms with van der Waals surface area (Å²) in [7, 11) is 0. The molecule has 0 N–H and O–H groups in total. The Hall–Kier alpha value is 0.0457. The van der Waals surface area contributed by atoms with Crippen LogP contribution in [-0.2, 0) is 0 Å². The number of rotatable bonds is 2. The third-order valence-corrected chi connectivity index (χ3v) is 3.16. The Morgan fingerprint density at radius 3 is 1.73 bits per heavy atom. The molecule has 0 aliphatic rings. The van der Waals surface area contributed by atoms with Gasteiger partial charge in [0, 0.05) is 0 Å². The zero-order valence-corrected chi connectivity index (χ0v) is 14.7. The van der Waals surface area contributed by atoms with Crippen LogP contribution in [0.5, 0.6) is 0 Å². The molecule has 0 unspecified atom stereocenters. The van der Waals surface area contributed by atoms with Crippen molar-refractivity contribution in [2.75, 3.05) is 0 Å². The summed E-state index contributed by atoms with van der Waals surface area (Å²) in [6, 6.07) is 10.5. The van der Waals surface area contributed by atoms with Gasteiger partial charge >= 0.3 is 104 Å². The SMILES string of the molecule is [CH3][Ge]([CH3])/[CH]=C/c1ccccc1.[CH3][Ge]([CH3])[CH3]. The normalized spacial score (nSPS) is 10.6. The molecule has 1 rings (SSSR count). The zero-order chi connectivity index (χ0) is 11.7. The molecular weight excluding hydrogens is 301 g/mol. The second kappa shape index (κ2) is 9.28. The fraction of sp³-hybridized carbons (Fsp3) is 0.385. The maximum absolute atomic E-state index is 2.37. The molecule has 0 spiro atoms. The van der Waals surface area contributed by atoms with Crippen molar-refractivity contribution in [3.05, 3.63) is 40.8 Å². The van der Waals surface area contributed by atoms with E-state index in [0.717, 1.165) is 0 Å². The number of hydrogen-bond donors (Lipinski definition) is 0. The second-order valence-corrected chi connectivity index (χ2v) is 15.8. The fourth-order valence-electron chi connectivity index (χ4n) is 0.827. The summed E-state index contributed by atoms with van der Waals surface area (Å²) in [6.45, 7) is 0. The van der Waals surface area contributed by atoms with E-state index < -0.39 is 14.3 Å². The van der Waals surface area contributed by atoms with Crippen LogP contribution in [0.15, 0.2) is 35.2 Å². The van der Waals surface area contributed by atoms with Crippen molar-refractivity contribution in [3.63, 3.8) is 0 Å². The van der Waals surface area contributed by atoms with Crippen molar-refractivity contribution in [2.45, 2.75) is 28.8 Å². The summed E-state index contributed by atoms with van der Waals surface area (Å²) in [5.41, 5.74) is 1.32. The first kappa shape index (κ1) is 15.0. The van der Waals surface area contributed by atoms with Crippen LogP contribution < -0.4 is 0 Å². The van der Waals surface area contributed by atoms with E-state index in [1.165, 1.54) is 5.56 Å². The molecule has 0 atom stereocenters. The average molecular weight is 324 g/mol. The monoisotopic (exact) mass is 326 g/mol. The van der Waals surface area contributed by atoms with E-state index in [0.29, 0.717) is 0 Å². The second-order valence-electron chi connectivity index (χ2n) is 4.32. The van der Waals surface area contributed by atoms with Crippen molar-refractivity contribution >= 4 is 34.8 Å². The molecule has 2 heteroatoms. The van der Waals surface area contributed by atoms with Gasteiger partial charge in [-0.25, -0.2) is 0 Å². The standard InChI is InChI=1S/C10H13Ge.C3H9Ge/c1-11(2)9-8-10-6-4-3-5-7-10;1-4(2)3/h3-9H,1-2H3;1-3H3/b9-8+;. The summed E-state index contributed by atoms with van der Waals surface area (Å²) in [5.74, 6) is 11.7. The first-order valence-electron chi connectivity index (χ1n) is 5.32. The van der Waals surface area contributed by atoms with Crippen LogP contribution in [0.2, 0.25) is 28.8 Å². The van der Waals surface area contributed by atoms with Crippen LogP contribution in [0.1, 0.15) is 5.56 Å². The van der Waals surface area contributed by atoms with Gasteiger partial charge in [-0.05, 0) is 0 Å². The van der Waals surface area contributed by atoms with Crippen LogP contribution in [0.25, 0.3) is 6.08 Å². The van der Waals surface area contributed by atoms with E-state index in [1.54, 1.807) is 0 Å². The van der Waals surface area contributed by atoms with E-state index in [4.69, 9.17) is 0 Å². The topological polar surface area (TPSA) is 0 Å². The molecule has 0 aliphatic carbocycles. The van der Waals surface area contributed by atoms with Crippen LogP contribution in [0, 0.1) is 0 Å². The van der Waals surface area contributed by atoms with E-state index in [1.807, 2.05) is 6.07 Å². The zero-order valence-electron chi connectivity index (χ0n) is 10.5. The van der Waals surface area contributed by atoms with Gasteiger partial charge in [-0.3, -0.25) is 0 Å². The van der Waals surface area contributed by atoms with Gasteiger partial charge in [-0.2, -0.15) is 0 Å². The third kappa shape index (κ3) is 12.0. The molecule has 0 aromatic heterocycles. The van der Waals surface area contributed by atoms with Crippen LogP contribution in [0.3, 0.4) is 0 Å². The van der Waals surface area contributed by atoms with Gasteiger partial charge in [0.2, 0.25) is 0 Å². The molecule has 82 valence electrons. The van der Waals surface area contributed by atoms with E-state index in [9.17, 15) is 0 Å². The fourth-order valence-corrected chi connectivity index (χ4v) is 1.93. The van der Waals surface area contributed by atoms with Crippen LogP contribution in [-0.4, -0.2) is 28.7 Å². The molecule has 0 heterocycles. The summed E-state index contributed by atoms with van der Waals surface area (Å²) in [6.07, 6.45) is 2.23. The molecule has 0 aliphatic heterocycles. The van der Waals surface area contributed by atoms with Crippen molar-refractivity contribution in [1.82, 2.24) is 0 Å². The molecule has 15 heavy (non-hydrogen) atoms. The minimum atomic E-state index is -0.752. The summed E-state index contributed by atoms with van der Waals surface area (Å²) < 4.78 is 0. The average Bonchev–Trinajstić information content (AvgIpc) is 2.15. The third-order valence-electron chi connectivity index (χ3n) is 1.41. The van der Waals surface area contributed by atoms with Crippen molar-refractivity contribution in [1.29, 1.82) is 0 Å². The van der Waals surface area contributed by atoms with E-state index in [-0.39, 0.29) is 14.3 Å². The van der Waals surface area contributed by atoms with Crippen molar-refractivity contribution < 1.29 is 0 Å². The predicted octanol–water partition coefficient (Wildman–Crippen LogP) is 4.36. The Labute approximate surface area is 104 Å². The molecule has 0 saturated heterocycles. The van der Waals surface area contributed by atoms with Gasteiger partial charge in [0.05, 0.1) is 0 Å².